The van der Waals surface area contributed by atoms with Crippen molar-refractivity contribution in [3.05, 3.63) is 87.1 Å². The summed E-state index contributed by atoms with van der Waals surface area (Å²) in [5.74, 6) is 0.0759. The Kier molecular flexibility index (Phi) is 4.67. The van der Waals surface area contributed by atoms with E-state index in [0.29, 0.717) is 21.8 Å². The molecule has 2 aromatic carbocycles. The standard InChI is InChI=1S/C22H18O3S/c23-21(15-6-2-1-3-7-15)16-10-12-18(13-11-16)25-22(24)20-14-17-8-4-5-9-19(17)26-20/h1-3,6-7,10-14H,4-5,8-9H2. The number of benzene rings is 2. The van der Waals surface area contributed by atoms with Crippen molar-refractivity contribution in [1.82, 2.24) is 0 Å². The van der Waals surface area contributed by atoms with Crippen molar-refractivity contribution in [2.45, 2.75) is 25.7 Å². The van der Waals surface area contributed by atoms with Gasteiger partial charge < -0.3 is 4.74 Å². The van der Waals surface area contributed by atoms with Gasteiger partial charge in [0.1, 0.15) is 10.6 Å². The largest absolute Gasteiger partial charge is 0.422 e. The fraction of sp³-hybridized carbons (Fsp3) is 0.182. The van der Waals surface area contributed by atoms with Crippen molar-refractivity contribution in [3.63, 3.8) is 0 Å². The lowest BCUT2D eigenvalue weighted by Crippen LogP contribution is -2.07. The summed E-state index contributed by atoms with van der Waals surface area (Å²) in [5.41, 5.74) is 2.50. The maximum Gasteiger partial charge on any atom is 0.353 e. The Morgan fingerprint density at radius 1 is 0.846 bits per heavy atom. The molecule has 0 amide bonds. The third kappa shape index (κ3) is 3.46. The van der Waals surface area contributed by atoms with Gasteiger partial charge in [-0.2, -0.15) is 0 Å². The Labute approximate surface area is 156 Å². The molecule has 4 rings (SSSR count). The number of aryl methyl sites for hydroxylation is 2. The third-order valence-corrected chi connectivity index (χ3v) is 5.78. The summed E-state index contributed by atoms with van der Waals surface area (Å²) in [6.45, 7) is 0. The van der Waals surface area contributed by atoms with Crippen LogP contribution in [0.2, 0.25) is 0 Å². The lowest BCUT2D eigenvalue weighted by Gasteiger charge is -2.08. The zero-order valence-electron chi connectivity index (χ0n) is 14.2. The van der Waals surface area contributed by atoms with Crippen LogP contribution in [0.4, 0.5) is 0 Å². The fourth-order valence-corrected chi connectivity index (χ4v) is 4.31. The number of thiophene rings is 1. The van der Waals surface area contributed by atoms with Gasteiger partial charge in [-0.25, -0.2) is 4.79 Å². The Hall–Kier alpha value is -2.72. The van der Waals surface area contributed by atoms with Crippen LogP contribution in [0.3, 0.4) is 0 Å². The van der Waals surface area contributed by atoms with E-state index in [2.05, 4.69) is 0 Å². The maximum atomic E-state index is 12.4. The minimum Gasteiger partial charge on any atom is -0.422 e. The Bertz CT molecular complexity index is 916. The number of hydrogen-bond acceptors (Lipinski definition) is 4. The maximum absolute atomic E-state index is 12.4. The molecule has 0 aliphatic heterocycles. The Morgan fingerprint density at radius 2 is 1.54 bits per heavy atom. The van der Waals surface area contributed by atoms with Crippen molar-refractivity contribution < 1.29 is 14.3 Å². The molecule has 1 heterocycles. The van der Waals surface area contributed by atoms with Gasteiger partial charge in [-0.15, -0.1) is 11.3 Å². The minimum atomic E-state index is -0.327. The topological polar surface area (TPSA) is 43.4 Å². The highest BCUT2D eigenvalue weighted by Gasteiger charge is 2.19. The van der Waals surface area contributed by atoms with Gasteiger partial charge in [0.15, 0.2) is 5.78 Å². The van der Waals surface area contributed by atoms with Gasteiger partial charge in [0.05, 0.1) is 0 Å². The molecule has 3 aromatic rings. The Balaban J connectivity index is 1.46. The van der Waals surface area contributed by atoms with E-state index in [1.54, 1.807) is 36.4 Å². The minimum absolute atomic E-state index is 0.0468. The average Bonchev–Trinajstić information content (AvgIpc) is 3.13. The van der Waals surface area contributed by atoms with Crippen LogP contribution < -0.4 is 4.74 Å². The number of esters is 1. The summed E-state index contributed by atoms with van der Waals surface area (Å²) >= 11 is 1.54. The molecule has 0 radical (unpaired) electrons. The number of fused-ring (bicyclic) bond motifs is 1. The second kappa shape index (κ2) is 7.26. The van der Waals surface area contributed by atoms with E-state index >= 15 is 0 Å². The summed E-state index contributed by atoms with van der Waals surface area (Å²) in [7, 11) is 0. The second-order valence-electron chi connectivity index (χ2n) is 6.38. The quantitative estimate of drug-likeness (QED) is 0.369. The lowest BCUT2D eigenvalue weighted by molar-refractivity contribution is 0.0739. The molecule has 130 valence electrons. The van der Waals surface area contributed by atoms with Gasteiger partial charge in [-0.1, -0.05) is 30.3 Å². The van der Waals surface area contributed by atoms with Gasteiger partial charge in [0, 0.05) is 16.0 Å². The lowest BCUT2D eigenvalue weighted by atomic mass is 9.99. The molecule has 0 saturated heterocycles. The SMILES string of the molecule is O=C(c1ccccc1)c1ccc(OC(=O)c2cc3c(s2)CCCC3)cc1. The van der Waals surface area contributed by atoms with Gasteiger partial charge in [-0.3, -0.25) is 4.79 Å². The second-order valence-corrected chi connectivity index (χ2v) is 7.51. The smallest absolute Gasteiger partial charge is 0.353 e. The molecule has 1 aliphatic rings. The fourth-order valence-electron chi connectivity index (χ4n) is 3.18. The van der Waals surface area contributed by atoms with Crippen LogP contribution >= 0.6 is 11.3 Å². The summed E-state index contributed by atoms with van der Waals surface area (Å²) in [4.78, 5) is 26.8. The van der Waals surface area contributed by atoms with Gasteiger partial charge in [0.25, 0.3) is 0 Å². The van der Waals surface area contributed by atoms with E-state index in [9.17, 15) is 9.59 Å². The molecule has 0 saturated carbocycles. The zero-order chi connectivity index (χ0) is 17.9. The van der Waals surface area contributed by atoms with Crippen LogP contribution in [-0.2, 0) is 12.8 Å². The van der Waals surface area contributed by atoms with Gasteiger partial charge in [-0.05, 0) is 61.6 Å². The first-order chi connectivity index (χ1) is 12.7. The van der Waals surface area contributed by atoms with E-state index in [1.807, 2.05) is 24.3 Å². The van der Waals surface area contributed by atoms with Crippen LogP contribution in [0.1, 0.15) is 48.9 Å². The van der Waals surface area contributed by atoms with Crippen LogP contribution in [0.25, 0.3) is 0 Å². The molecule has 1 aliphatic carbocycles. The molecule has 0 spiro atoms. The normalized spacial score (nSPS) is 13.1. The number of ketones is 1. The number of hydrogen-bond donors (Lipinski definition) is 0. The van der Waals surface area contributed by atoms with Crippen molar-refractivity contribution >= 4 is 23.1 Å². The summed E-state index contributed by atoms with van der Waals surface area (Å²) < 4.78 is 5.48. The number of ether oxygens (including phenoxy) is 1. The molecular weight excluding hydrogens is 344 g/mol. The Morgan fingerprint density at radius 3 is 2.27 bits per heavy atom. The van der Waals surface area contributed by atoms with E-state index in [0.717, 1.165) is 12.8 Å². The molecule has 26 heavy (non-hydrogen) atoms. The predicted octanol–water partition coefficient (Wildman–Crippen LogP) is 5.08. The van der Waals surface area contributed by atoms with Crippen molar-refractivity contribution in [1.29, 1.82) is 0 Å². The monoisotopic (exact) mass is 362 g/mol. The van der Waals surface area contributed by atoms with Crippen LogP contribution in [-0.4, -0.2) is 11.8 Å². The molecule has 1 aromatic heterocycles. The van der Waals surface area contributed by atoms with Crippen molar-refractivity contribution in [2.75, 3.05) is 0 Å². The van der Waals surface area contributed by atoms with E-state index in [-0.39, 0.29) is 11.8 Å². The summed E-state index contributed by atoms with van der Waals surface area (Å²) in [5, 5.41) is 0. The highest BCUT2D eigenvalue weighted by molar-refractivity contribution is 7.14. The van der Waals surface area contributed by atoms with Gasteiger partial charge in [0.2, 0.25) is 0 Å². The first-order valence-corrected chi connectivity index (χ1v) is 9.56. The molecule has 0 atom stereocenters. The zero-order valence-corrected chi connectivity index (χ0v) is 15.1. The van der Waals surface area contributed by atoms with Gasteiger partial charge >= 0.3 is 5.97 Å². The number of carbonyl (C=O) groups is 2. The van der Waals surface area contributed by atoms with E-state index in [4.69, 9.17) is 4.74 Å². The van der Waals surface area contributed by atoms with E-state index in [1.165, 1.54) is 34.6 Å². The number of rotatable bonds is 4. The summed E-state index contributed by atoms with van der Waals surface area (Å²) in [6, 6.07) is 17.8. The number of carbonyl (C=O) groups excluding carboxylic acids is 2. The molecule has 0 N–H and O–H groups in total. The van der Waals surface area contributed by atoms with Crippen molar-refractivity contribution in [3.8, 4) is 5.75 Å². The van der Waals surface area contributed by atoms with Crippen LogP contribution in [0, 0.1) is 0 Å². The first-order valence-electron chi connectivity index (χ1n) is 8.74. The molecule has 4 heteroatoms. The first kappa shape index (κ1) is 16.7. The summed E-state index contributed by atoms with van der Waals surface area (Å²) in [6.07, 6.45) is 4.49. The van der Waals surface area contributed by atoms with Crippen LogP contribution in [0.15, 0.2) is 60.7 Å². The molecule has 0 fully saturated rings. The highest BCUT2D eigenvalue weighted by Crippen LogP contribution is 2.30. The van der Waals surface area contributed by atoms with E-state index < -0.39 is 0 Å². The average molecular weight is 362 g/mol. The van der Waals surface area contributed by atoms with Crippen molar-refractivity contribution in [2.24, 2.45) is 0 Å². The molecular formula is C22H18O3S. The molecule has 0 unspecified atom stereocenters. The molecule has 0 bridgehead atoms. The van der Waals surface area contributed by atoms with Crippen LogP contribution in [0.5, 0.6) is 5.75 Å². The molecule has 3 nitrogen and oxygen atoms in total. The predicted molar refractivity (Wildman–Crippen MR) is 102 cm³/mol. The highest BCUT2D eigenvalue weighted by atomic mass is 32.1. The third-order valence-electron chi connectivity index (χ3n) is 4.56.